The zero-order valence-corrected chi connectivity index (χ0v) is 13.7. The van der Waals surface area contributed by atoms with Crippen molar-refractivity contribution in [1.29, 1.82) is 0 Å². The predicted molar refractivity (Wildman–Crippen MR) is 79.6 cm³/mol. The van der Waals surface area contributed by atoms with Crippen molar-refractivity contribution in [2.45, 2.75) is 65.5 Å². The van der Waals surface area contributed by atoms with Crippen LogP contribution in [0.5, 0.6) is 0 Å². The topological polar surface area (TPSA) is 60.2 Å². The van der Waals surface area contributed by atoms with Gasteiger partial charge in [0, 0.05) is 19.6 Å². The normalized spacial score (nSPS) is 13.9. The van der Waals surface area contributed by atoms with Crippen LogP contribution in [-0.2, 0) is 16.8 Å². The number of rotatable bonds is 9. The van der Waals surface area contributed by atoms with Gasteiger partial charge in [0.1, 0.15) is 5.60 Å². The Morgan fingerprint density at radius 3 is 2.35 bits per heavy atom. The fourth-order valence-electron chi connectivity index (χ4n) is 2.46. The summed E-state index contributed by atoms with van der Waals surface area (Å²) in [7, 11) is 1.71. The van der Waals surface area contributed by atoms with E-state index in [2.05, 4.69) is 50.1 Å². The van der Waals surface area contributed by atoms with E-state index in [0.29, 0.717) is 23.7 Å². The molecule has 5 nitrogen and oxygen atoms in total. The molecule has 20 heavy (non-hydrogen) atoms. The van der Waals surface area contributed by atoms with Gasteiger partial charge in [-0.1, -0.05) is 39.8 Å². The summed E-state index contributed by atoms with van der Waals surface area (Å²) < 4.78 is 11.1. The second-order valence-corrected chi connectivity index (χ2v) is 5.53. The number of hydrogen-bond acceptors (Lipinski definition) is 5. The molecule has 0 amide bonds. The van der Waals surface area contributed by atoms with Crippen molar-refractivity contribution in [2.24, 2.45) is 5.92 Å². The molecule has 0 aromatic carbocycles. The van der Waals surface area contributed by atoms with Crippen LogP contribution in [-0.4, -0.2) is 29.8 Å². The van der Waals surface area contributed by atoms with Crippen molar-refractivity contribution in [3.8, 4) is 0 Å². The summed E-state index contributed by atoms with van der Waals surface area (Å²) in [5, 5.41) is 7.60. The molecule has 1 aromatic rings. The van der Waals surface area contributed by atoms with Gasteiger partial charge >= 0.3 is 0 Å². The maximum atomic E-state index is 5.63. The quantitative estimate of drug-likeness (QED) is 0.755. The van der Waals surface area contributed by atoms with E-state index < -0.39 is 5.60 Å². The van der Waals surface area contributed by atoms with Crippen LogP contribution in [0.3, 0.4) is 0 Å². The van der Waals surface area contributed by atoms with Gasteiger partial charge in [-0.05, 0) is 25.3 Å². The third kappa shape index (κ3) is 3.79. The Morgan fingerprint density at radius 2 is 1.90 bits per heavy atom. The molecule has 0 aliphatic carbocycles. The molecule has 1 heterocycles. The van der Waals surface area contributed by atoms with Crippen LogP contribution in [0.1, 0.15) is 59.2 Å². The third-order valence-electron chi connectivity index (χ3n) is 4.07. The minimum absolute atomic E-state index is 0.355. The van der Waals surface area contributed by atoms with Crippen LogP contribution in [0.2, 0.25) is 0 Å². The summed E-state index contributed by atoms with van der Waals surface area (Å²) in [5.74, 6) is 1.87. The van der Waals surface area contributed by atoms with E-state index in [1.54, 1.807) is 7.11 Å². The van der Waals surface area contributed by atoms with Gasteiger partial charge in [0.15, 0.2) is 0 Å². The molecular weight excluding hydrogens is 254 g/mol. The van der Waals surface area contributed by atoms with Crippen LogP contribution in [0.25, 0.3) is 0 Å². The summed E-state index contributed by atoms with van der Waals surface area (Å²) in [5.41, 5.74) is -0.423. The summed E-state index contributed by atoms with van der Waals surface area (Å²) in [4.78, 5) is 4.56. The average molecular weight is 283 g/mol. The Bertz CT molecular complexity index is 378. The molecule has 1 unspecified atom stereocenters. The number of ether oxygens (including phenoxy) is 1. The molecule has 5 heteroatoms. The SMILES string of the molecule is CCNC(Cc1nc(C(CC)(CC)OC)no1)C(C)C. The maximum absolute atomic E-state index is 5.63. The molecule has 0 aliphatic rings. The Labute approximate surface area is 122 Å². The molecule has 1 rings (SSSR count). The van der Waals surface area contributed by atoms with E-state index in [4.69, 9.17) is 9.26 Å². The lowest BCUT2D eigenvalue weighted by Gasteiger charge is -2.26. The fourth-order valence-corrected chi connectivity index (χ4v) is 2.46. The Balaban J connectivity index is 2.85. The van der Waals surface area contributed by atoms with Crippen molar-refractivity contribution in [3.63, 3.8) is 0 Å². The molecule has 1 N–H and O–H groups in total. The van der Waals surface area contributed by atoms with Crippen LogP contribution in [0, 0.1) is 5.92 Å². The molecule has 0 radical (unpaired) electrons. The molecule has 0 saturated heterocycles. The van der Waals surface area contributed by atoms with Crippen molar-refractivity contribution in [2.75, 3.05) is 13.7 Å². The van der Waals surface area contributed by atoms with Crippen molar-refractivity contribution in [1.82, 2.24) is 15.5 Å². The van der Waals surface area contributed by atoms with Crippen molar-refractivity contribution >= 4 is 0 Å². The summed E-state index contributed by atoms with van der Waals surface area (Å²) in [6, 6.07) is 0.355. The number of likely N-dealkylation sites (N-methyl/N-ethyl adjacent to an activating group) is 1. The van der Waals surface area contributed by atoms with E-state index in [-0.39, 0.29) is 0 Å². The first-order chi connectivity index (χ1) is 9.52. The van der Waals surface area contributed by atoms with E-state index in [9.17, 15) is 0 Å². The fraction of sp³-hybridized carbons (Fsp3) is 0.867. The van der Waals surface area contributed by atoms with Crippen LogP contribution in [0.4, 0.5) is 0 Å². The molecular formula is C15H29N3O2. The highest BCUT2D eigenvalue weighted by atomic mass is 16.5. The van der Waals surface area contributed by atoms with Crippen LogP contribution >= 0.6 is 0 Å². The number of nitrogens with one attached hydrogen (secondary N) is 1. The molecule has 116 valence electrons. The van der Waals surface area contributed by atoms with Gasteiger partial charge in [-0.25, -0.2) is 0 Å². The molecule has 1 aromatic heterocycles. The van der Waals surface area contributed by atoms with Crippen molar-refractivity contribution in [3.05, 3.63) is 11.7 Å². The maximum Gasteiger partial charge on any atom is 0.228 e. The third-order valence-corrected chi connectivity index (χ3v) is 4.07. The standard InChI is InChI=1S/C15H29N3O2/c1-7-15(8-2,19-6)14-17-13(20-18-14)10-12(11(4)5)16-9-3/h11-12,16H,7-10H2,1-6H3. The minimum Gasteiger partial charge on any atom is -0.370 e. The first-order valence-electron chi connectivity index (χ1n) is 7.64. The first kappa shape index (κ1) is 17.1. The Hall–Kier alpha value is -0.940. The van der Waals surface area contributed by atoms with E-state index in [1.807, 2.05) is 0 Å². The van der Waals surface area contributed by atoms with Crippen LogP contribution in [0.15, 0.2) is 4.52 Å². The predicted octanol–water partition coefficient (Wildman–Crippen LogP) is 2.91. The van der Waals surface area contributed by atoms with E-state index >= 15 is 0 Å². The number of nitrogens with zero attached hydrogens (tertiary/aromatic N) is 2. The molecule has 0 aliphatic heterocycles. The molecule has 0 bridgehead atoms. The van der Waals surface area contributed by atoms with E-state index in [1.165, 1.54) is 0 Å². The number of hydrogen-bond donors (Lipinski definition) is 1. The molecule has 1 atom stereocenters. The Kier molecular flexibility index (Phi) is 6.62. The first-order valence-corrected chi connectivity index (χ1v) is 7.64. The lowest BCUT2D eigenvalue weighted by atomic mass is 9.96. The highest BCUT2D eigenvalue weighted by molar-refractivity contribution is 5.01. The number of methoxy groups -OCH3 is 1. The molecule has 0 saturated carbocycles. The summed E-state index contributed by atoms with van der Waals surface area (Å²) in [6.07, 6.45) is 2.42. The highest BCUT2D eigenvalue weighted by Gasteiger charge is 2.34. The van der Waals surface area contributed by atoms with Gasteiger partial charge in [-0.2, -0.15) is 4.98 Å². The minimum atomic E-state index is -0.423. The van der Waals surface area contributed by atoms with Gasteiger partial charge in [-0.3, -0.25) is 0 Å². The monoisotopic (exact) mass is 283 g/mol. The summed E-state index contributed by atoms with van der Waals surface area (Å²) >= 11 is 0. The van der Waals surface area contributed by atoms with Gasteiger partial charge in [0.05, 0.1) is 0 Å². The Morgan fingerprint density at radius 1 is 1.25 bits per heavy atom. The average Bonchev–Trinajstić information content (AvgIpc) is 2.90. The molecule has 0 fully saturated rings. The highest BCUT2D eigenvalue weighted by Crippen LogP contribution is 2.30. The van der Waals surface area contributed by atoms with Crippen molar-refractivity contribution < 1.29 is 9.26 Å². The summed E-state index contributed by atoms with van der Waals surface area (Å²) in [6.45, 7) is 11.6. The number of aromatic nitrogens is 2. The van der Waals surface area contributed by atoms with E-state index in [0.717, 1.165) is 25.8 Å². The van der Waals surface area contributed by atoms with Gasteiger partial charge in [0.2, 0.25) is 11.7 Å². The second-order valence-electron chi connectivity index (χ2n) is 5.53. The van der Waals surface area contributed by atoms with Crippen LogP contribution < -0.4 is 5.32 Å². The largest absolute Gasteiger partial charge is 0.370 e. The lowest BCUT2D eigenvalue weighted by Crippen LogP contribution is -2.35. The smallest absolute Gasteiger partial charge is 0.228 e. The lowest BCUT2D eigenvalue weighted by molar-refractivity contribution is -0.0306. The molecule has 0 spiro atoms. The zero-order chi connectivity index (χ0) is 15.2. The van der Waals surface area contributed by atoms with Gasteiger partial charge in [0.25, 0.3) is 0 Å². The van der Waals surface area contributed by atoms with Gasteiger partial charge in [-0.15, -0.1) is 0 Å². The second kappa shape index (κ2) is 7.74. The van der Waals surface area contributed by atoms with Gasteiger partial charge < -0.3 is 14.6 Å². The zero-order valence-electron chi connectivity index (χ0n) is 13.7.